The fourth-order valence-corrected chi connectivity index (χ4v) is 4.36. The minimum absolute atomic E-state index is 0.828. The van der Waals surface area contributed by atoms with Crippen LogP contribution in [0.15, 0.2) is 116 Å². The zero-order valence-corrected chi connectivity index (χ0v) is 16.8. The number of nitrogens with zero attached hydrogens (tertiary/aromatic N) is 1. The fraction of sp³-hybridized carbons (Fsp3) is 0. The van der Waals surface area contributed by atoms with Crippen molar-refractivity contribution >= 4 is 32.3 Å². The molecule has 0 fully saturated rings. The predicted octanol–water partition coefficient (Wildman–Crippen LogP) is 8.00. The Bertz CT molecular complexity index is 1500. The Morgan fingerprint density at radius 3 is 2.13 bits per heavy atom. The molecule has 6 rings (SSSR count). The lowest BCUT2D eigenvalue weighted by Crippen LogP contribution is -1.92. The second-order valence-electron chi connectivity index (χ2n) is 7.65. The van der Waals surface area contributed by atoms with Crippen LogP contribution in [-0.2, 0) is 0 Å². The van der Waals surface area contributed by atoms with Crippen LogP contribution in [0.25, 0.3) is 43.4 Å². The second kappa shape index (κ2) is 7.26. The summed E-state index contributed by atoms with van der Waals surface area (Å²) in [5.74, 6) is 1.69. The summed E-state index contributed by atoms with van der Waals surface area (Å²) in [6.07, 6.45) is 3.77. The van der Waals surface area contributed by atoms with Gasteiger partial charge in [-0.25, -0.2) is 0 Å². The first-order valence-electron chi connectivity index (χ1n) is 10.4. The molecule has 1 heterocycles. The van der Waals surface area contributed by atoms with Crippen molar-refractivity contribution in [2.45, 2.75) is 0 Å². The summed E-state index contributed by atoms with van der Waals surface area (Å²) in [7, 11) is 0. The van der Waals surface area contributed by atoms with Crippen molar-refractivity contribution in [2.75, 3.05) is 0 Å². The van der Waals surface area contributed by atoms with Crippen LogP contribution in [0.1, 0.15) is 0 Å². The quantitative estimate of drug-likeness (QED) is 0.282. The Balaban J connectivity index is 1.64. The van der Waals surface area contributed by atoms with Crippen LogP contribution in [0.5, 0.6) is 11.5 Å². The third-order valence-electron chi connectivity index (χ3n) is 5.78. The molecule has 0 amide bonds. The highest BCUT2D eigenvalue weighted by Crippen LogP contribution is 2.44. The van der Waals surface area contributed by atoms with Crippen LogP contribution < -0.4 is 4.74 Å². The summed E-state index contributed by atoms with van der Waals surface area (Å²) < 4.78 is 6.58. The Morgan fingerprint density at radius 1 is 0.548 bits per heavy atom. The van der Waals surface area contributed by atoms with Gasteiger partial charge in [-0.15, -0.1) is 0 Å². The standard InChI is InChI=1S/C29H19NO/c1-2-9-21(10-3-1)28-24-12-6-7-13-25(24)29(26-16-17-30-19-27(26)28)31-23-15-14-20-8-4-5-11-22(20)18-23/h1-19H. The van der Waals surface area contributed by atoms with Crippen molar-refractivity contribution in [1.82, 2.24) is 4.98 Å². The number of hydrogen-bond acceptors (Lipinski definition) is 2. The largest absolute Gasteiger partial charge is 0.456 e. The zero-order valence-electron chi connectivity index (χ0n) is 16.8. The maximum Gasteiger partial charge on any atom is 0.143 e. The number of aromatic nitrogens is 1. The van der Waals surface area contributed by atoms with Gasteiger partial charge >= 0.3 is 0 Å². The van der Waals surface area contributed by atoms with E-state index < -0.39 is 0 Å². The van der Waals surface area contributed by atoms with Gasteiger partial charge in [0.15, 0.2) is 0 Å². The first kappa shape index (κ1) is 17.7. The van der Waals surface area contributed by atoms with Gasteiger partial charge in [-0.3, -0.25) is 4.98 Å². The maximum atomic E-state index is 6.58. The molecular weight excluding hydrogens is 378 g/mol. The molecule has 0 bridgehead atoms. The van der Waals surface area contributed by atoms with E-state index in [0.29, 0.717) is 0 Å². The van der Waals surface area contributed by atoms with E-state index in [4.69, 9.17) is 4.74 Å². The molecule has 0 spiro atoms. The second-order valence-corrected chi connectivity index (χ2v) is 7.65. The van der Waals surface area contributed by atoms with E-state index in [0.717, 1.165) is 38.4 Å². The molecule has 2 heteroatoms. The van der Waals surface area contributed by atoms with Gasteiger partial charge in [0.2, 0.25) is 0 Å². The fourth-order valence-electron chi connectivity index (χ4n) is 4.36. The van der Waals surface area contributed by atoms with E-state index in [1.165, 1.54) is 16.5 Å². The Morgan fingerprint density at radius 2 is 1.26 bits per heavy atom. The van der Waals surface area contributed by atoms with Crippen LogP contribution in [0.2, 0.25) is 0 Å². The third-order valence-corrected chi connectivity index (χ3v) is 5.78. The highest BCUT2D eigenvalue weighted by molar-refractivity contribution is 6.16. The number of ether oxygens (including phenoxy) is 1. The molecule has 0 aliphatic heterocycles. The summed E-state index contributed by atoms with van der Waals surface area (Å²) >= 11 is 0. The Hall–Kier alpha value is -4.17. The average molecular weight is 397 g/mol. The average Bonchev–Trinajstić information content (AvgIpc) is 2.84. The molecule has 0 saturated heterocycles. The molecule has 6 aromatic rings. The molecule has 1 aromatic heterocycles. The highest BCUT2D eigenvalue weighted by atomic mass is 16.5. The van der Waals surface area contributed by atoms with Gasteiger partial charge in [0, 0.05) is 28.6 Å². The zero-order chi connectivity index (χ0) is 20.6. The molecule has 5 aromatic carbocycles. The van der Waals surface area contributed by atoms with Gasteiger partial charge in [0.1, 0.15) is 11.5 Å². The van der Waals surface area contributed by atoms with Gasteiger partial charge in [-0.2, -0.15) is 0 Å². The van der Waals surface area contributed by atoms with Crippen LogP contribution in [0.4, 0.5) is 0 Å². The molecule has 0 unspecified atom stereocenters. The van der Waals surface area contributed by atoms with Crippen LogP contribution in [-0.4, -0.2) is 4.98 Å². The van der Waals surface area contributed by atoms with E-state index in [9.17, 15) is 0 Å². The van der Waals surface area contributed by atoms with Crippen molar-refractivity contribution in [2.24, 2.45) is 0 Å². The Labute approximate surface area is 180 Å². The molecule has 0 atom stereocenters. The number of hydrogen-bond donors (Lipinski definition) is 0. The molecule has 0 aliphatic carbocycles. The van der Waals surface area contributed by atoms with Crippen LogP contribution in [0.3, 0.4) is 0 Å². The van der Waals surface area contributed by atoms with Crippen LogP contribution in [0, 0.1) is 0 Å². The molecular formula is C29H19NO. The van der Waals surface area contributed by atoms with Crippen molar-refractivity contribution in [3.8, 4) is 22.6 Å². The van der Waals surface area contributed by atoms with E-state index in [1.54, 1.807) is 0 Å². The van der Waals surface area contributed by atoms with E-state index in [1.807, 2.05) is 30.6 Å². The smallest absolute Gasteiger partial charge is 0.143 e. The highest BCUT2D eigenvalue weighted by Gasteiger charge is 2.16. The number of benzene rings is 5. The van der Waals surface area contributed by atoms with Gasteiger partial charge in [0.05, 0.1) is 0 Å². The molecule has 0 N–H and O–H groups in total. The maximum absolute atomic E-state index is 6.58. The first-order valence-corrected chi connectivity index (χ1v) is 10.4. The SMILES string of the molecule is c1ccc(-c2c3ccccc3c(Oc3ccc4ccccc4c3)c3ccncc23)cc1. The van der Waals surface area contributed by atoms with Crippen molar-refractivity contribution in [3.63, 3.8) is 0 Å². The van der Waals surface area contributed by atoms with Gasteiger partial charge in [-0.05, 0) is 45.5 Å². The molecule has 0 saturated carbocycles. The topological polar surface area (TPSA) is 22.1 Å². The molecule has 0 radical (unpaired) electrons. The summed E-state index contributed by atoms with van der Waals surface area (Å²) in [5, 5.41) is 6.76. The van der Waals surface area contributed by atoms with Crippen molar-refractivity contribution < 1.29 is 4.74 Å². The van der Waals surface area contributed by atoms with Gasteiger partial charge in [0.25, 0.3) is 0 Å². The number of rotatable bonds is 3. The lowest BCUT2D eigenvalue weighted by Gasteiger charge is -2.17. The minimum Gasteiger partial charge on any atom is -0.456 e. The monoisotopic (exact) mass is 397 g/mol. The summed E-state index contributed by atoms with van der Waals surface area (Å²) in [6, 6.07) is 35.6. The van der Waals surface area contributed by atoms with E-state index in [2.05, 4.69) is 89.9 Å². The van der Waals surface area contributed by atoms with Crippen molar-refractivity contribution in [1.29, 1.82) is 0 Å². The lowest BCUT2D eigenvalue weighted by molar-refractivity contribution is 0.494. The molecule has 2 nitrogen and oxygen atoms in total. The lowest BCUT2D eigenvalue weighted by atomic mass is 9.92. The predicted molar refractivity (Wildman–Crippen MR) is 129 cm³/mol. The van der Waals surface area contributed by atoms with E-state index in [-0.39, 0.29) is 0 Å². The summed E-state index contributed by atoms with van der Waals surface area (Å²) in [5.41, 5.74) is 2.36. The Kier molecular flexibility index (Phi) is 4.14. The van der Waals surface area contributed by atoms with Gasteiger partial charge in [-0.1, -0.05) is 84.9 Å². The normalized spacial score (nSPS) is 11.2. The summed E-state index contributed by atoms with van der Waals surface area (Å²) in [6.45, 7) is 0. The summed E-state index contributed by atoms with van der Waals surface area (Å²) in [4.78, 5) is 4.44. The number of pyridine rings is 1. The number of fused-ring (bicyclic) bond motifs is 3. The van der Waals surface area contributed by atoms with E-state index >= 15 is 0 Å². The minimum atomic E-state index is 0.828. The first-order chi connectivity index (χ1) is 15.4. The molecule has 146 valence electrons. The third kappa shape index (κ3) is 3.01. The molecule has 0 aliphatic rings. The van der Waals surface area contributed by atoms with Crippen LogP contribution >= 0.6 is 0 Å². The molecule has 31 heavy (non-hydrogen) atoms. The van der Waals surface area contributed by atoms with Crippen molar-refractivity contribution in [3.05, 3.63) is 116 Å². The van der Waals surface area contributed by atoms with Gasteiger partial charge < -0.3 is 4.74 Å².